The summed E-state index contributed by atoms with van der Waals surface area (Å²) in [5.74, 6) is 0. The van der Waals surface area contributed by atoms with Crippen molar-refractivity contribution in [3.05, 3.63) is 34.3 Å². The second-order valence-electron chi connectivity index (χ2n) is 4.24. The van der Waals surface area contributed by atoms with Crippen molar-refractivity contribution in [1.29, 1.82) is 0 Å². The van der Waals surface area contributed by atoms with Crippen LogP contribution in [0.5, 0.6) is 0 Å². The first-order valence-electron chi connectivity index (χ1n) is 4.98. The Morgan fingerprint density at radius 2 is 1.81 bits per heavy atom. The molecule has 0 aromatic heterocycles. The molecule has 1 aliphatic carbocycles. The van der Waals surface area contributed by atoms with E-state index in [1.165, 1.54) is 6.07 Å². The molecule has 0 bridgehead atoms. The van der Waals surface area contributed by atoms with Gasteiger partial charge in [-0.05, 0) is 43.0 Å². The molecule has 1 aromatic carbocycles. The SMILES string of the molecule is NC1(c2cc(Cl)cc(C(F)(F)F)c2)CCC1. The van der Waals surface area contributed by atoms with Crippen molar-refractivity contribution in [3.63, 3.8) is 0 Å². The zero-order valence-corrected chi connectivity index (χ0v) is 9.20. The Kier molecular flexibility index (Phi) is 2.67. The van der Waals surface area contributed by atoms with Crippen LogP contribution in [-0.4, -0.2) is 0 Å². The molecule has 0 heterocycles. The number of alkyl halides is 3. The lowest BCUT2D eigenvalue weighted by Crippen LogP contribution is -2.43. The van der Waals surface area contributed by atoms with Crippen LogP contribution in [0.3, 0.4) is 0 Å². The molecule has 0 aliphatic heterocycles. The molecule has 2 N–H and O–H groups in total. The Balaban J connectivity index is 2.44. The molecule has 16 heavy (non-hydrogen) atoms. The van der Waals surface area contributed by atoms with Gasteiger partial charge in [0.25, 0.3) is 0 Å². The fourth-order valence-electron chi connectivity index (χ4n) is 1.89. The Morgan fingerprint density at radius 1 is 1.19 bits per heavy atom. The van der Waals surface area contributed by atoms with Crippen molar-refractivity contribution in [2.45, 2.75) is 31.0 Å². The lowest BCUT2D eigenvalue weighted by atomic mass is 9.72. The molecule has 0 unspecified atom stereocenters. The summed E-state index contributed by atoms with van der Waals surface area (Å²) in [6, 6.07) is 3.55. The second-order valence-corrected chi connectivity index (χ2v) is 4.67. The number of hydrogen-bond donors (Lipinski definition) is 1. The molecule has 5 heteroatoms. The van der Waals surface area contributed by atoms with Gasteiger partial charge in [-0.3, -0.25) is 0 Å². The smallest absolute Gasteiger partial charge is 0.321 e. The predicted octanol–water partition coefficient (Wildman–Crippen LogP) is 3.70. The second kappa shape index (κ2) is 3.64. The topological polar surface area (TPSA) is 26.0 Å². The minimum absolute atomic E-state index is 0.0848. The van der Waals surface area contributed by atoms with E-state index in [0.29, 0.717) is 18.4 Å². The maximum Gasteiger partial charge on any atom is 0.416 e. The van der Waals surface area contributed by atoms with E-state index in [0.717, 1.165) is 18.6 Å². The van der Waals surface area contributed by atoms with Gasteiger partial charge in [0.1, 0.15) is 0 Å². The van der Waals surface area contributed by atoms with Crippen LogP contribution in [0, 0.1) is 0 Å². The quantitative estimate of drug-likeness (QED) is 0.807. The van der Waals surface area contributed by atoms with Gasteiger partial charge in [-0.1, -0.05) is 11.6 Å². The summed E-state index contributed by atoms with van der Waals surface area (Å²) in [6.45, 7) is 0. The molecule has 0 saturated heterocycles. The molecular formula is C11H11ClF3N. The van der Waals surface area contributed by atoms with Crippen molar-refractivity contribution in [3.8, 4) is 0 Å². The van der Waals surface area contributed by atoms with Gasteiger partial charge in [-0.25, -0.2) is 0 Å². The molecular weight excluding hydrogens is 239 g/mol. The molecule has 1 fully saturated rings. The van der Waals surface area contributed by atoms with Crippen molar-refractivity contribution < 1.29 is 13.2 Å². The van der Waals surface area contributed by atoms with Crippen LogP contribution in [0.25, 0.3) is 0 Å². The van der Waals surface area contributed by atoms with Gasteiger partial charge >= 0.3 is 6.18 Å². The van der Waals surface area contributed by atoms with E-state index in [4.69, 9.17) is 17.3 Å². The number of halogens is 4. The molecule has 1 nitrogen and oxygen atoms in total. The normalized spacial score (nSPS) is 19.3. The van der Waals surface area contributed by atoms with Gasteiger partial charge in [-0.15, -0.1) is 0 Å². The highest BCUT2D eigenvalue weighted by molar-refractivity contribution is 6.30. The Hall–Kier alpha value is -0.740. The van der Waals surface area contributed by atoms with Crippen LogP contribution in [0.2, 0.25) is 5.02 Å². The van der Waals surface area contributed by atoms with Gasteiger partial charge in [0.05, 0.1) is 5.56 Å². The average molecular weight is 250 g/mol. The lowest BCUT2D eigenvalue weighted by Gasteiger charge is -2.39. The summed E-state index contributed by atoms with van der Waals surface area (Å²) in [6.07, 6.45) is -2.00. The third-order valence-corrected chi connectivity index (χ3v) is 3.26. The summed E-state index contributed by atoms with van der Waals surface area (Å²) < 4.78 is 37.7. The van der Waals surface area contributed by atoms with Crippen LogP contribution in [-0.2, 0) is 11.7 Å². The Morgan fingerprint density at radius 3 is 2.25 bits per heavy atom. The number of rotatable bonds is 1. The number of benzene rings is 1. The first-order chi connectivity index (χ1) is 7.31. The van der Waals surface area contributed by atoms with Crippen LogP contribution >= 0.6 is 11.6 Å². The third-order valence-electron chi connectivity index (χ3n) is 3.05. The molecule has 1 saturated carbocycles. The van der Waals surface area contributed by atoms with Crippen LogP contribution in [0.1, 0.15) is 30.4 Å². The fourth-order valence-corrected chi connectivity index (χ4v) is 2.12. The summed E-state index contributed by atoms with van der Waals surface area (Å²) in [5.41, 5.74) is 5.11. The van der Waals surface area contributed by atoms with Crippen LogP contribution in [0.4, 0.5) is 13.2 Å². The minimum Gasteiger partial charge on any atom is -0.321 e. The zero-order valence-electron chi connectivity index (χ0n) is 8.44. The summed E-state index contributed by atoms with van der Waals surface area (Å²) in [7, 11) is 0. The summed E-state index contributed by atoms with van der Waals surface area (Å²) >= 11 is 5.69. The van der Waals surface area contributed by atoms with E-state index in [9.17, 15) is 13.2 Å². The Labute approximate surface area is 96.4 Å². The fraction of sp³-hybridized carbons (Fsp3) is 0.455. The predicted molar refractivity (Wildman–Crippen MR) is 56.2 cm³/mol. The van der Waals surface area contributed by atoms with E-state index >= 15 is 0 Å². The molecule has 1 aromatic rings. The van der Waals surface area contributed by atoms with Gasteiger partial charge in [0.2, 0.25) is 0 Å². The van der Waals surface area contributed by atoms with E-state index in [1.54, 1.807) is 0 Å². The van der Waals surface area contributed by atoms with Crippen LogP contribution < -0.4 is 5.73 Å². The molecule has 0 radical (unpaired) electrons. The van der Waals surface area contributed by atoms with E-state index in [1.807, 2.05) is 0 Å². The van der Waals surface area contributed by atoms with Crippen molar-refractivity contribution in [1.82, 2.24) is 0 Å². The van der Waals surface area contributed by atoms with Gasteiger partial charge < -0.3 is 5.73 Å². The van der Waals surface area contributed by atoms with Crippen LogP contribution in [0.15, 0.2) is 18.2 Å². The van der Waals surface area contributed by atoms with E-state index in [-0.39, 0.29) is 5.02 Å². The van der Waals surface area contributed by atoms with E-state index in [2.05, 4.69) is 0 Å². The maximum absolute atomic E-state index is 12.6. The third kappa shape index (κ3) is 2.04. The van der Waals surface area contributed by atoms with Gasteiger partial charge in [0, 0.05) is 10.6 Å². The summed E-state index contributed by atoms with van der Waals surface area (Å²) in [5, 5.41) is 0.0848. The van der Waals surface area contributed by atoms with E-state index < -0.39 is 17.3 Å². The maximum atomic E-state index is 12.6. The summed E-state index contributed by atoms with van der Waals surface area (Å²) in [4.78, 5) is 0. The minimum atomic E-state index is -4.38. The number of nitrogens with two attached hydrogens (primary N) is 1. The van der Waals surface area contributed by atoms with Gasteiger partial charge in [-0.2, -0.15) is 13.2 Å². The standard InChI is InChI=1S/C11H11ClF3N/c12-9-5-7(10(16)2-1-3-10)4-8(6-9)11(13,14)15/h4-6H,1-3,16H2. The molecule has 1 aliphatic rings. The molecule has 88 valence electrons. The van der Waals surface area contributed by atoms with Crippen molar-refractivity contribution in [2.75, 3.05) is 0 Å². The highest BCUT2D eigenvalue weighted by atomic mass is 35.5. The highest BCUT2D eigenvalue weighted by Crippen LogP contribution is 2.41. The van der Waals surface area contributed by atoms with Gasteiger partial charge in [0.15, 0.2) is 0 Å². The first-order valence-corrected chi connectivity index (χ1v) is 5.36. The first kappa shape index (κ1) is 11.7. The lowest BCUT2D eigenvalue weighted by molar-refractivity contribution is -0.137. The largest absolute Gasteiger partial charge is 0.416 e. The highest BCUT2D eigenvalue weighted by Gasteiger charge is 2.37. The molecule has 0 amide bonds. The molecule has 0 atom stereocenters. The monoisotopic (exact) mass is 249 g/mol. The average Bonchev–Trinajstić information content (AvgIpc) is 2.11. The van der Waals surface area contributed by atoms with Crippen molar-refractivity contribution >= 4 is 11.6 Å². The number of hydrogen-bond acceptors (Lipinski definition) is 1. The molecule has 0 spiro atoms. The zero-order chi connectivity index (χ0) is 12.0. The Bertz CT molecular complexity index is 410. The van der Waals surface area contributed by atoms with Crippen molar-refractivity contribution in [2.24, 2.45) is 5.73 Å². The molecule has 2 rings (SSSR count).